The molecular weight excluding hydrogens is 199 g/mol. The summed E-state index contributed by atoms with van der Waals surface area (Å²) in [4.78, 5) is 10.6. The quantitative estimate of drug-likeness (QED) is 0.659. The van der Waals surface area contributed by atoms with Crippen molar-refractivity contribution in [3.63, 3.8) is 0 Å². The maximum Gasteiger partial charge on any atom is 0.370 e. The molecule has 0 aliphatic carbocycles. The van der Waals surface area contributed by atoms with E-state index in [2.05, 4.69) is 9.05 Å². The zero-order chi connectivity index (χ0) is 10.5. The van der Waals surface area contributed by atoms with Gasteiger partial charge in [0, 0.05) is 20.8 Å². The summed E-state index contributed by atoms with van der Waals surface area (Å²) in [5.41, 5.74) is 0. The first-order chi connectivity index (χ1) is 6.01. The second kappa shape index (κ2) is 5.34. The summed E-state index contributed by atoms with van der Waals surface area (Å²) >= 11 is 0. The average molecular weight is 212 g/mol. The van der Waals surface area contributed by atoms with Crippen LogP contribution in [0, 0.1) is 0 Å². The van der Waals surface area contributed by atoms with Crippen molar-refractivity contribution in [3.8, 4) is 0 Å². The number of ether oxygens (including phenoxy) is 1. The second-order valence-corrected chi connectivity index (χ2v) is 4.33. The van der Waals surface area contributed by atoms with E-state index in [4.69, 9.17) is 9.84 Å². The zero-order valence-electron chi connectivity index (χ0n) is 7.72. The maximum atomic E-state index is 11.5. The minimum absolute atomic E-state index is 0.119. The fraction of sp³-hybridized carbons (Fsp3) is 0.833. The van der Waals surface area contributed by atoms with Crippen LogP contribution in [0.3, 0.4) is 0 Å². The lowest BCUT2D eigenvalue weighted by molar-refractivity contribution is -0.145. The Morgan fingerprint density at radius 2 is 1.92 bits per heavy atom. The first-order valence-electron chi connectivity index (χ1n) is 3.57. The summed E-state index contributed by atoms with van der Waals surface area (Å²) in [5.74, 6) is -2.93. The van der Waals surface area contributed by atoms with Crippen LogP contribution in [0.5, 0.6) is 0 Å². The molecule has 6 nitrogen and oxygen atoms in total. The summed E-state index contributed by atoms with van der Waals surface area (Å²) in [6.07, 6.45) is 0. The lowest BCUT2D eigenvalue weighted by Crippen LogP contribution is -2.25. The standard InChI is InChI=1S/C6H13O6P/c1-4-12-6(5(7)8)13(9,10-2)11-3/h6H,4H2,1-3H3,(H,7,8). The highest BCUT2D eigenvalue weighted by Gasteiger charge is 2.40. The molecular formula is C6H13O6P. The molecule has 0 rings (SSSR count). The molecule has 0 saturated carbocycles. The fourth-order valence-electron chi connectivity index (χ4n) is 0.722. The third-order valence-electron chi connectivity index (χ3n) is 1.33. The summed E-state index contributed by atoms with van der Waals surface area (Å²) in [6.45, 7) is 1.71. The van der Waals surface area contributed by atoms with E-state index < -0.39 is 19.4 Å². The number of hydrogen-bond donors (Lipinski definition) is 1. The lowest BCUT2D eigenvalue weighted by atomic mass is 10.7. The van der Waals surface area contributed by atoms with Gasteiger partial charge in [-0.3, -0.25) is 4.57 Å². The van der Waals surface area contributed by atoms with Gasteiger partial charge in [-0.1, -0.05) is 0 Å². The topological polar surface area (TPSA) is 82.1 Å². The van der Waals surface area contributed by atoms with Crippen LogP contribution in [0.1, 0.15) is 6.92 Å². The van der Waals surface area contributed by atoms with Crippen LogP contribution >= 0.6 is 7.60 Å². The molecule has 0 aromatic rings. The van der Waals surface area contributed by atoms with Crippen molar-refractivity contribution in [3.05, 3.63) is 0 Å². The van der Waals surface area contributed by atoms with Crippen molar-refractivity contribution < 1.29 is 28.3 Å². The number of aliphatic carboxylic acids is 1. The summed E-state index contributed by atoms with van der Waals surface area (Å²) in [6, 6.07) is 0. The smallest absolute Gasteiger partial charge is 0.370 e. The van der Waals surface area contributed by atoms with E-state index in [1.54, 1.807) is 6.92 Å². The Hall–Kier alpha value is -0.420. The monoisotopic (exact) mass is 212 g/mol. The largest absolute Gasteiger partial charge is 0.479 e. The predicted molar refractivity (Wildman–Crippen MR) is 44.7 cm³/mol. The first kappa shape index (κ1) is 12.6. The Bertz CT molecular complexity index is 207. The van der Waals surface area contributed by atoms with Gasteiger partial charge in [0.05, 0.1) is 0 Å². The van der Waals surface area contributed by atoms with Crippen molar-refractivity contribution in [1.29, 1.82) is 0 Å². The van der Waals surface area contributed by atoms with Crippen LogP contribution in [0.2, 0.25) is 0 Å². The van der Waals surface area contributed by atoms with Gasteiger partial charge in [-0.2, -0.15) is 0 Å². The van der Waals surface area contributed by atoms with Crippen LogP contribution in [0.15, 0.2) is 0 Å². The molecule has 7 heteroatoms. The minimum atomic E-state index is -3.69. The number of carboxylic acid groups (broad SMARTS) is 1. The molecule has 1 N–H and O–H groups in total. The highest BCUT2D eigenvalue weighted by atomic mass is 31.2. The SMILES string of the molecule is CCOC(C(=O)O)P(=O)(OC)OC. The Kier molecular flexibility index (Phi) is 5.17. The average Bonchev–Trinajstić information content (AvgIpc) is 2.12. The molecule has 13 heavy (non-hydrogen) atoms. The molecule has 78 valence electrons. The van der Waals surface area contributed by atoms with Crippen LogP contribution in [-0.4, -0.2) is 37.7 Å². The fourth-order valence-corrected chi connectivity index (χ4v) is 1.86. The van der Waals surface area contributed by atoms with Crippen LogP contribution in [-0.2, 0) is 23.1 Å². The van der Waals surface area contributed by atoms with E-state index in [9.17, 15) is 9.36 Å². The number of hydrogen-bond acceptors (Lipinski definition) is 5. The molecule has 0 heterocycles. The van der Waals surface area contributed by atoms with Gasteiger partial charge in [0.25, 0.3) is 5.85 Å². The summed E-state index contributed by atoms with van der Waals surface area (Å²) in [5, 5.41) is 8.64. The van der Waals surface area contributed by atoms with E-state index in [-0.39, 0.29) is 6.61 Å². The van der Waals surface area contributed by atoms with Crippen molar-refractivity contribution >= 4 is 13.6 Å². The molecule has 0 spiro atoms. The van der Waals surface area contributed by atoms with E-state index in [0.29, 0.717) is 0 Å². The molecule has 0 amide bonds. The molecule has 0 bridgehead atoms. The van der Waals surface area contributed by atoms with Gasteiger partial charge in [0.2, 0.25) is 0 Å². The second-order valence-electron chi connectivity index (χ2n) is 2.05. The molecule has 0 aromatic heterocycles. The van der Waals surface area contributed by atoms with Gasteiger partial charge in [-0.05, 0) is 6.92 Å². The Balaban J connectivity index is 4.69. The molecule has 0 radical (unpaired) electrons. The normalized spacial score (nSPS) is 14.1. The maximum absolute atomic E-state index is 11.5. The number of rotatable bonds is 6. The highest BCUT2D eigenvalue weighted by Crippen LogP contribution is 2.51. The van der Waals surface area contributed by atoms with E-state index in [1.807, 2.05) is 0 Å². The van der Waals surface area contributed by atoms with Crippen LogP contribution in [0.4, 0.5) is 0 Å². The van der Waals surface area contributed by atoms with Gasteiger partial charge in [0.15, 0.2) is 0 Å². The van der Waals surface area contributed by atoms with Crippen molar-refractivity contribution in [1.82, 2.24) is 0 Å². The zero-order valence-corrected chi connectivity index (χ0v) is 8.61. The Morgan fingerprint density at radius 3 is 2.15 bits per heavy atom. The van der Waals surface area contributed by atoms with Gasteiger partial charge in [-0.15, -0.1) is 0 Å². The number of carbonyl (C=O) groups is 1. The van der Waals surface area contributed by atoms with E-state index in [1.165, 1.54) is 0 Å². The van der Waals surface area contributed by atoms with E-state index in [0.717, 1.165) is 14.2 Å². The van der Waals surface area contributed by atoms with Gasteiger partial charge < -0.3 is 18.9 Å². The highest BCUT2D eigenvalue weighted by molar-refractivity contribution is 7.55. The van der Waals surface area contributed by atoms with Gasteiger partial charge >= 0.3 is 13.6 Å². The summed E-state index contributed by atoms with van der Waals surface area (Å²) < 4.78 is 25.3. The molecule has 0 saturated heterocycles. The van der Waals surface area contributed by atoms with Gasteiger partial charge in [-0.25, -0.2) is 4.79 Å². The Morgan fingerprint density at radius 1 is 1.46 bits per heavy atom. The van der Waals surface area contributed by atoms with Crippen LogP contribution in [0.25, 0.3) is 0 Å². The van der Waals surface area contributed by atoms with Crippen molar-refractivity contribution in [2.24, 2.45) is 0 Å². The molecule has 0 aliphatic rings. The first-order valence-corrected chi connectivity index (χ1v) is 5.18. The minimum Gasteiger partial charge on any atom is -0.479 e. The molecule has 0 fully saturated rings. The third-order valence-corrected chi connectivity index (χ3v) is 3.29. The van der Waals surface area contributed by atoms with Crippen molar-refractivity contribution in [2.45, 2.75) is 12.8 Å². The molecule has 0 aliphatic heterocycles. The van der Waals surface area contributed by atoms with E-state index >= 15 is 0 Å². The molecule has 1 atom stereocenters. The lowest BCUT2D eigenvalue weighted by Gasteiger charge is -2.20. The predicted octanol–water partition coefficient (Wildman–Crippen LogP) is 0.919. The van der Waals surface area contributed by atoms with Gasteiger partial charge in [0.1, 0.15) is 0 Å². The van der Waals surface area contributed by atoms with Crippen molar-refractivity contribution in [2.75, 3.05) is 20.8 Å². The van der Waals surface area contributed by atoms with Crippen LogP contribution < -0.4 is 0 Å². The molecule has 1 unspecified atom stereocenters. The Labute approximate surface area is 76.3 Å². The third kappa shape index (κ3) is 3.08. The summed E-state index contributed by atoms with van der Waals surface area (Å²) in [7, 11) is -1.46. The number of carboxylic acids is 1. The molecule has 0 aromatic carbocycles.